The van der Waals surface area contributed by atoms with Gasteiger partial charge in [0, 0.05) is 24.5 Å². The van der Waals surface area contributed by atoms with E-state index in [1.165, 1.54) is 0 Å². The van der Waals surface area contributed by atoms with E-state index in [1.54, 1.807) is 0 Å². The number of aromatic nitrogens is 1. The lowest BCUT2D eigenvalue weighted by molar-refractivity contribution is -0.137. The zero-order valence-corrected chi connectivity index (χ0v) is 14.8. The second-order valence-corrected chi connectivity index (χ2v) is 5.80. The van der Waals surface area contributed by atoms with Crippen molar-refractivity contribution in [2.75, 3.05) is 20.1 Å². The van der Waals surface area contributed by atoms with Crippen LogP contribution < -0.4 is 0 Å². The molecule has 2 aromatic rings. The summed E-state index contributed by atoms with van der Waals surface area (Å²) in [4.78, 5) is 12.7. The molecule has 0 spiro atoms. The van der Waals surface area contributed by atoms with Crippen LogP contribution in [-0.2, 0) is 11.2 Å². The van der Waals surface area contributed by atoms with Gasteiger partial charge in [0.05, 0.1) is 0 Å². The van der Waals surface area contributed by atoms with Crippen molar-refractivity contribution in [3.8, 4) is 11.3 Å². The van der Waals surface area contributed by atoms with E-state index in [0.717, 1.165) is 55.8 Å². The molecular formula is C18H25ClN2O3. The molecule has 0 aliphatic heterocycles. The Labute approximate surface area is 149 Å². The number of rotatable bonds is 10. The van der Waals surface area contributed by atoms with Gasteiger partial charge in [0.2, 0.25) is 0 Å². The topological polar surface area (TPSA) is 66.6 Å². The van der Waals surface area contributed by atoms with Crippen LogP contribution in [0.5, 0.6) is 0 Å². The number of carbonyl (C=O) groups is 1. The van der Waals surface area contributed by atoms with E-state index in [4.69, 9.17) is 9.63 Å². The maximum absolute atomic E-state index is 10.4. The first-order valence-electron chi connectivity index (χ1n) is 8.06. The molecule has 1 N–H and O–H groups in total. The summed E-state index contributed by atoms with van der Waals surface area (Å²) in [6, 6.07) is 12.0. The van der Waals surface area contributed by atoms with Crippen LogP contribution in [0.4, 0.5) is 0 Å². The molecule has 1 heterocycles. The van der Waals surface area contributed by atoms with Gasteiger partial charge in [-0.2, -0.15) is 0 Å². The van der Waals surface area contributed by atoms with Crippen molar-refractivity contribution < 1.29 is 14.4 Å². The van der Waals surface area contributed by atoms with Crippen LogP contribution in [0.3, 0.4) is 0 Å². The summed E-state index contributed by atoms with van der Waals surface area (Å²) in [6.45, 7) is 1.90. The van der Waals surface area contributed by atoms with Gasteiger partial charge in [-0.25, -0.2) is 0 Å². The molecule has 0 saturated carbocycles. The van der Waals surface area contributed by atoms with Crippen molar-refractivity contribution >= 4 is 18.4 Å². The monoisotopic (exact) mass is 352 g/mol. The van der Waals surface area contributed by atoms with E-state index >= 15 is 0 Å². The average Bonchev–Trinajstić information content (AvgIpc) is 3.01. The lowest BCUT2D eigenvalue weighted by Gasteiger charge is -2.15. The molecule has 0 saturated heterocycles. The molecule has 0 fully saturated rings. The Kier molecular flexibility index (Phi) is 9.12. The van der Waals surface area contributed by atoms with Gasteiger partial charge >= 0.3 is 5.97 Å². The molecule has 5 nitrogen and oxygen atoms in total. The molecule has 0 aliphatic rings. The summed E-state index contributed by atoms with van der Waals surface area (Å²) in [5, 5.41) is 12.7. The minimum Gasteiger partial charge on any atom is -0.481 e. The highest BCUT2D eigenvalue weighted by atomic mass is 35.5. The normalized spacial score (nSPS) is 10.6. The van der Waals surface area contributed by atoms with Gasteiger partial charge in [-0.05, 0) is 39.4 Å². The predicted octanol–water partition coefficient (Wildman–Crippen LogP) is 3.88. The third-order valence-electron chi connectivity index (χ3n) is 3.77. The number of carboxylic acid groups (broad SMARTS) is 1. The van der Waals surface area contributed by atoms with E-state index in [2.05, 4.69) is 17.1 Å². The SMILES string of the molecule is CN(CCCCC(=O)O)CCCc1cc(-c2ccccc2)no1.Cl. The third-order valence-corrected chi connectivity index (χ3v) is 3.77. The molecule has 1 aromatic carbocycles. The van der Waals surface area contributed by atoms with Crippen LogP contribution in [0.25, 0.3) is 11.3 Å². The van der Waals surface area contributed by atoms with Crippen molar-refractivity contribution in [2.24, 2.45) is 0 Å². The first-order valence-corrected chi connectivity index (χ1v) is 8.06. The lowest BCUT2D eigenvalue weighted by Crippen LogP contribution is -2.21. The van der Waals surface area contributed by atoms with Crippen molar-refractivity contribution in [3.63, 3.8) is 0 Å². The lowest BCUT2D eigenvalue weighted by atomic mass is 10.1. The van der Waals surface area contributed by atoms with E-state index < -0.39 is 5.97 Å². The van der Waals surface area contributed by atoms with E-state index in [-0.39, 0.29) is 18.8 Å². The molecule has 6 heteroatoms. The van der Waals surface area contributed by atoms with Crippen LogP contribution in [0.2, 0.25) is 0 Å². The van der Waals surface area contributed by atoms with Crippen LogP contribution >= 0.6 is 12.4 Å². The number of hydrogen-bond donors (Lipinski definition) is 1. The first kappa shape index (κ1) is 20.2. The van der Waals surface area contributed by atoms with Gasteiger partial charge in [0.25, 0.3) is 0 Å². The fourth-order valence-electron chi connectivity index (χ4n) is 2.47. The minimum atomic E-state index is -0.716. The zero-order valence-electron chi connectivity index (χ0n) is 14.0. The third kappa shape index (κ3) is 7.15. The molecule has 132 valence electrons. The average molecular weight is 353 g/mol. The van der Waals surface area contributed by atoms with Crippen molar-refractivity contribution in [3.05, 3.63) is 42.2 Å². The quantitative estimate of drug-likeness (QED) is 0.657. The summed E-state index contributed by atoms with van der Waals surface area (Å²) in [5.41, 5.74) is 1.95. The van der Waals surface area contributed by atoms with E-state index in [1.807, 2.05) is 36.4 Å². The maximum Gasteiger partial charge on any atom is 0.303 e. The number of nitrogens with zero attached hydrogens (tertiary/aromatic N) is 2. The molecule has 24 heavy (non-hydrogen) atoms. The van der Waals surface area contributed by atoms with Crippen molar-refractivity contribution in [1.29, 1.82) is 0 Å². The number of halogens is 1. The highest BCUT2D eigenvalue weighted by molar-refractivity contribution is 5.85. The van der Waals surface area contributed by atoms with Gasteiger partial charge in [0.15, 0.2) is 0 Å². The van der Waals surface area contributed by atoms with Crippen LogP contribution in [-0.4, -0.2) is 41.3 Å². The molecule has 0 bridgehead atoms. The summed E-state index contributed by atoms with van der Waals surface area (Å²) >= 11 is 0. The van der Waals surface area contributed by atoms with Crippen LogP contribution in [0.15, 0.2) is 40.9 Å². The Morgan fingerprint density at radius 1 is 1.17 bits per heavy atom. The van der Waals surface area contributed by atoms with Crippen molar-refractivity contribution in [1.82, 2.24) is 10.1 Å². The Morgan fingerprint density at radius 3 is 2.58 bits per heavy atom. The van der Waals surface area contributed by atoms with Crippen LogP contribution in [0, 0.1) is 0 Å². The first-order chi connectivity index (χ1) is 11.1. The Bertz CT molecular complexity index is 601. The largest absolute Gasteiger partial charge is 0.481 e. The maximum atomic E-state index is 10.4. The number of benzene rings is 1. The molecule has 1 aromatic heterocycles. The highest BCUT2D eigenvalue weighted by Gasteiger charge is 2.07. The molecule has 0 atom stereocenters. The van der Waals surface area contributed by atoms with E-state index in [9.17, 15) is 4.79 Å². The molecule has 0 amide bonds. The second-order valence-electron chi connectivity index (χ2n) is 5.80. The second kappa shape index (κ2) is 10.8. The molecule has 0 unspecified atom stereocenters. The molecule has 2 rings (SSSR count). The summed E-state index contributed by atoms with van der Waals surface area (Å²) in [7, 11) is 2.07. The van der Waals surface area contributed by atoms with E-state index in [0.29, 0.717) is 0 Å². The fourth-order valence-corrected chi connectivity index (χ4v) is 2.47. The molecule has 0 radical (unpaired) electrons. The zero-order chi connectivity index (χ0) is 16.5. The predicted molar refractivity (Wildman–Crippen MR) is 96.5 cm³/mol. The summed E-state index contributed by atoms with van der Waals surface area (Å²) in [5.74, 6) is 0.190. The van der Waals surface area contributed by atoms with Gasteiger partial charge in [-0.1, -0.05) is 35.5 Å². The Balaban J connectivity index is 0.00000288. The van der Waals surface area contributed by atoms with Gasteiger partial charge in [-0.15, -0.1) is 12.4 Å². The fraction of sp³-hybridized carbons (Fsp3) is 0.444. The van der Waals surface area contributed by atoms with Gasteiger partial charge in [0.1, 0.15) is 11.5 Å². The minimum absolute atomic E-state index is 0. The number of aryl methyl sites for hydroxylation is 1. The summed E-state index contributed by atoms with van der Waals surface area (Å²) < 4.78 is 5.39. The molecular weight excluding hydrogens is 328 g/mol. The number of aliphatic carboxylic acids is 1. The van der Waals surface area contributed by atoms with Gasteiger partial charge < -0.3 is 14.5 Å². The van der Waals surface area contributed by atoms with Crippen LogP contribution in [0.1, 0.15) is 31.4 Å². The van der Waals surface area contributed by atoms with Gasteiger partial charge in [-0.3, -0.25) is 4.79 Å². The smallest absolute Gasteiger partial charge is 0.303 e. The number of hydrogen-bond acceptors (Lipinski definition) is 4. The highest BCUT2D eigenvalue weighted by Crippen LogP contribution is 2.19. The number of unbranched alkanes of at least 4 members (excludes halogenated alkanes) is 1. The van der Waals surface area contributed by atoms with Crippen molar-refractivity contribution in [2.45, 2.75) is 32.1 Å². The Hall–Kier alpha value is -1.85. The standard InChI is InChI=1S/C18H24N2O3.ClH/c1-20(12-6-5-11-18(21)22)13-7-10-16-14-17(19-23-16)15-8-3-2-4-9-15;/h2-4,8-9,14H,5-7,10-13H2,1H3,(H,21,22);1H. The summed E-state index contributed by atoms with van der Waals surface area (Å²) in [6.07, 6.45) is 3.78. The Morgan fingerprint density at radius 2 is 1.88 bits per heavy atom. The molecule has 0 aliphatic carbocycles. The number of carboxylic acids is 1.